The Balaban J connectivity index is 4.46. The van der Waals surface area contributed by atoms with Gasteiger partial charge in [-0.25, -0.2) is 4.79 Å². The first-order valence-electron chi connectivity index (χ1n) is 5.17. The molecule has 0 aromatic carbocycles. The second-order valence-corrected chi connectivity index (χ2v) is 1.97. The molecule has 0 bridgehead atoms. The number of carbonyl (C=O) groups is 2. The number of rotatable bonds is 6. The summed E-state index contributed by atoms with van der Waals surface area (Å²) in [4.78, 5) is 21.0. The third-order valence-electron chi connectivity index (χ3n) is 1.00. The van der Waals surface area contributed by atoms with Gasteiger partial charge in [0.25, 0.3) is 0 Å². The molecule has 0 aliphatic heterocycles. The molecule has 0 radical (unpaired) electrons. The highest BCUT2D eigenvalue weighted by Gasteiger charge is 2.09. The highest BCUT2D eigenvalue weighted by atomic mass is 16.4. The maximum Gasteiger partial charge on any atom is 0.320 e. The molecule has 2 amide bonds. The summed E-state index contributed by atoms with van der Waals surface area (Å²) in [7, 11) is 0. The molecule has 1 unspecified atom stereocenters. The largest absolute Gasteiger partial charge is 0.480 e. The third-order valence-corrected chi connectivity index (χ3v) is 1.00. The van der Waals surface area contributed by atoms with Crippen molar-refractivity contribution in [2.24, 2.45) is 11.5 Å². The van der Waals surface area contributed by atoms with Crippen LogP contribution >= 0.6 is 0 Å². The summed E-state index contributed by atoms with van der Waals surface area (Å²) in [6.07, 6.45) is -1.76. The van der Waals surface area contributed by atoms with Crippen molar-refractivity contribution in [1.29, 1.82) is 0 Å². The number of carboxylic acids is 1. The first-order valence-corrected chi connectivity index (χ1v) is 3.19. The fraction of sp³-hybridized carbons (Fsp3) is 0.667. The molecule has 0 saturated heterocycles. The second kappa shape index (κ2) is 5.36. The lowest BCUT2D eigenvalue weighted by Gasteiger charge is -2.05. The SMILES string of the molecule is [2H]C(CCNC(N)=O)[C@@]([2H])(C(=O)O)N([2H])[2H]. The van der Waals surface area contributed by atoms with Crippen LogP contribution in [0.4, 0.5) is 4.79 Å². The molecule has 2 atom stereocenters. The molecule has 6 N–H and O–H groups in total. The maximum atomic E-state index is 10.7. The van der Waals surface area contributed by atoms with E-state index >= 15 is 0 Å². The third kappa shape index (κ3) is 5.48. The number of aliphatic carboxylic acids is 1. The average Bonchev–Trinajstić information content (AvgIpc) is 2.14. The van der Waals surface area contributed by atoms with Gasteiger partial charge in [-0.1, -0.05) is 0 Å². The number of primary amides is 1. The summed E-state index contributed by atoms with van der Waals surface area (Å²) >= 11 is 0. The van der Waals surface area contributed by atoms with Crippen molar-refractivity contribution in [3.63, 3.8) is 0 Å². The van der Waals surface area contributed by atoms with Crippen molar-refractivity contribution in [3.8, 4) is 0 Å². The van der Waals surface area contributed by atoms with Crippen molar-refractivity contribution in [3.05, 3.63) is 0 Å². The molecule has 0 heterocycles. The normalized spacial score (nSPS) is 22.4. The van der Waals surface area contributed by atoms with Crippen molar-refractivity contribution in [2.45, 2.75) is 18.8 Å². The minimum absolute atomic E-state index is 0.0920. The number of carboxylic acid groups (broad SMARTS) is 1. The van der Waals surface area contributed by atoms with Crippen LogP contribution in [0.15, 0.2) is 0 Å². The number of hydrogen-bond acceptors (Lipinski definition) is 3. The fourth-order valence-electron chi connectivity index (χ4n) is 0.492. The molecular formula is C6H13N3O3. The van der Waals surface area contributed by atoms with Gasteiger partial charge < -0.3 is 21.9 Å². The van der Waals surface area contributed by atoms with Gasteiger partial charge in [-0.15, -0.1) is 0 Å². The molecule has 70 valence electrons. The lowest BCUT2D eigenvalue weighted by Crippen LogP contribution is -2.33. The van der Waals surface area contributed by atoms with E-state index in [0.29, 0.717) is 0 Å². The van der Waals surface area contributed by atoms with Gasteiger partial charge in [0.2, 0.25) is 0 Å². The second-order valence-electron chi connectivity index (χ2n) is 1.97. The lowest BCUT2D eigenvalue weighted by atomic mass is 10.2. The lowest BCUT2D eigenvalue weighted by molar-refractivity contribution is -0.138. The highest BCUT2D eigenvalue weighted by Crippen LogP contribution is 1.92. The fourth-order valence-corrected chi connectivity index (χ4v) is 0.492. The first kappa shape index (κ1) is 5.36. The van der Waals surface area contributed by atoms with Crippen LogP contribution in [0, 0.1) is 0 Å². The molecule has 0 spiro atoms. The summed E-state index contributed by atoms with van der Waals surface area (Å²) in [6, 6.07) is -3.52. The van der Waals surface area contributed by atoms with Gasteiger partial charge in [-0.05, 0) is 12.8 Å². The van der Waals surface area contributed by atoms with E-state index in [4.69, 9.17) is 16.4 Å². The summed E-state index contributed by atoms with van der Waals surface area (Å²) in [5.41, 5.74) is 4.40. The molecule has 0 rings (SSSR count). The van der Waals surface area contributed by atoms with E-state index in [9.17, 15) is 9.59 Å². The molecule has 0 aromatic heterocycles. The number of hydrogen-bond donors (Lipinski definition) is 4. The van der Waals surface area contributed by atoms with Crippen molar-refractivity contribution >= 4 is 12.0 Å². The molecule has 0 aliphatic carbocycles. The van der Waals surface area contributed by atoms with Gasteiger partial charge in [-0.3, -0.25) is 4.79 Å². The molecule has 6 heteroatoms. The Morgan fingerprint density at radius 1 is 1.83 bits per heavy atom. The number of nitrogens with one attached hydrogen (secondary N) is 1. The van der Waals surface area contributed by atoms with Crippen molar-refractivity contribution in [2.75, 3.05) is 6.54 Å². The number of urea groups is 1. The monoisotopic (exact) mass is 179 g/mol. The number of nitrogens with two attached hydrogens (primary N) is 2. The Morgan fingerprint density at radius 2 is 2.50 bits per heavy atom. The molecular weight excluding hydrogens is 162 g/mol. The van der Waals surface area contributed by atoms with Crippen LogP contribution in [0.5, 0.6) is 0 Å². The predicted molar refractivity (Wildman–Crippen MR) is 42.4 cm³/mol. The maximum absolute atomic E-state index is 10.7. The average molecular weight is 179 g/mol. The van der Waals surface area contributed by atoms with Gasteiger partial charge in [0.1, 0.15) is 8.84 Å². The van der Waals surface area contributed by atoms with E-state index in [1.54, 1.807) is 0 Å². The van der Waals surface area contributed by atoms with Gasteiger partial charge in [0, 0.05) is 7.92 Å². The Hall–Kier alpha value is -1.30. The van der Waals surface area contributed by atoms with Gasteiger partial charge in [-0.2, -0.15) is 0 Å². The van der Waals surface area contributed by atoms with Crippen LogP contribution in [0.3, 0.4) is 0 Å². The molecule has 0 aromatic rings. The number of amides is 2. The zero-order chi connectivity index (χ0) is 12.9. The van der Waals surface area contributed by atoms with Crippen LogP contribution in [0.25, 0.3) is 0 Å². The zero-order valence-corrected chi connectivity index (χ0v) is 6.28. The molecule has 0 aliphatic rings. The molecule has 0 fully saturated rings. The standard InChI is InChI=1S/C6H13N3O3/c7-4(5(10)11)2-1-3-9-6(8)12/h4H,1-3,7H2,(H,10,11)(H3,8,9,12)/t4-/m0/s1/i2D,4D/hD2/t2?,4-. The summed E-state index contributed by atoms with van der Waals surface area (Å²) < 4.78 is 28.4. The van der Waals surface area contributed by atoms with Crippen LogP contribution in [0.2, 0.25) is 2.82 Å². The number of carbonyl (C=O) groups excluding carboxylic acids is 1. The minimum atomic E-state index is -2.70. The molecule has 0 saturated carbocycles. The van der Waals surface area contributed by atoms with Crippen LogP contribution < -0.4 is 16.8 Å². The van der Waals surface area contributed by atoms with Crippen LogP contribution in [-0.2, 0) is 4.79 Å². The summed E-state index contributed by atoms with van der Waals surface area (Å²) in [5.74, 6) is -1.77. The molecule has 6 nitrogen and oxygen atoms in total. The van der Waals surface area contributed by atoms with E-state index in [1.165, 1.54) is 0 Å². The van der Waals surface area contributed by atoms with Gasteiger partial charge >= 0.3 is 12.0 Å². The Labute approximate surface area is 75.6 Å². The summed E-state index contributed by atoms with van der Waals surface area (Å²) in [6.45, 7) is -0.0920. The quantitative estimate of drug-likeness (QED) is 0.411. The zero-order valence-electron chi connectivity index (χ0n) is 10.3. The smallest absolute Gasteiger partial charge is 0.320 e. The Bertz CT molecular complexity index is 278. The Kier molecular flexibility index (Phi) is 2.40. The van der Waals surface area contributed by atoms with Crippen molar-refractivity contribution < 1.29 is 20.3 Å². The van der Waals surface area contributed by atoms with E-state index in [0.717, 1.165) is 0 Å². The van der Waals surface area contributed by atoms with Crippen molar-refractivity contribution in [1.82, 2.24) is 5.32 Å². The van der Waals surface area contributed by atoms with Gasteiger partial charge in [0.05, 0.1) is 1.37 Å². The van der Waals surface area contributed by atoms with E-state index in [1.807, 2.05) is 0 Å². The van der Waals surface area contributed by atoms with E-state index in [-0.39, 0.29) is 18.7 Å². The van der Waals surface area contributed by atoms with Crippen LogP contribution in [-0.4, -0.2) is 29.7 Å². The highest BCUT2D eigenvalue weighted by molar-refractivity contribution is 5.73. The minimum Gasteiger partial charge on any atom is -0.480 e. The van der Waals surface area contributed by atoms with Crippen LogP contribution in [0.1, 0.15) is 15.6 Å². The first-order chi connectivity index (χ1) is 7.22. The van der Waals surface area contributed by atoms with Gasteiger partial charge in [0.15, 0.2) is 0 Å². The summed E-state index contributed by atoms with van der Waals surface area (Å²) in [5, 5.41) is 10.8. The Morgan fingerprint density at radius 3 is 2.92 bits per heavy atom. The topological polar surface area (TPSA) is 118 Å². The van der Waals surface area contributed by atoms with E-state index < -0.39 is 24.4 Å². The van der Waals surface area contributed by atoms with E-state index in [2.05, 4.69) is 5.32 Å². The predicted octanol–water partition coefficient (Wildman–Crippen LogP) is -1.15. The molecule has 12 heavy (non-hydrogen) atoms.